The average Bonchev–Trinajstić information content (AvgIpc) is 3.38. The van der Waals surface area contributed by atoms with Gasteiger partial charge in [-0.2, -0.15) is 0 Å². The van der Waals surface area contributed by atoms with Crippen LogP contribution in [0.3, 0.4) is 0 Å². The molecule has 4 heteroatoms. The van der Waals surface area contributed by atoms with Crippen LogP contribution in [-0.2, 0) is 4.74 Å². The van der Waals surface area contributed by atoms with Gasteiger partial charge < -0.3 is 15.4 Å². The van der Waals surface area contributed by atoms with E-state index < -0.39 is 0 Å². The highest BCUT2D eigenvalue weighted by molar-refractivity contribution is 5.67. The van der Waals surface area contributed by atoms with E-state index in [9.17, 15) is 4.79 Å². The number of carbonyl (C=O) groups is 1. The number of hydrogen-bond acceptors (Lipinski definition) is 3. The van der Waals surface area contributed by atoms with Gasteiger partial charge in [0.15, 0.2) is 0 Å². The summed E-state index contributed by atoms with van der Waals surface area (Å²) in [4.78, 5) is 11.8. The molecule has 0 bridgehead atoms. The quantitative estimate of drug-likeness (QED) is 0.474. The van der Waals surface area contributed by atoms with Crippen LogP contribution in [0.2, 0.25) is 0 Å². The van der Waals surface area contributed by atoms with Crippen LogP contribution in [-0.4, -0.2) is 31.8 Å². The molecule has 2 aromatic rings. The minimum absolute atomic E-state index is 0.0953. The monoisotopic (exact) mass is 474 g/mol. The van der Waals surface area contributed by atoms with Gasteiger partial charge in [0.25, 0.3) is 0 Å². The van der Waals surface area contributed by atoms with Gasteiger partial charge in [-0.25, -0.2) is 4.79 Å². The zero-order valence-electron chi connectivity index (χ0n) is 21.3. The Bertz CT molecular complexity index is 881. The number of ether oxygens (including phenoxy) is 1. The Morgan fingerprint density at radius 2 is 1.29 bits per heavy atom. The topological polar surface area (TPSA) is 50.4 Å². The molecule has 35 heavy (non-hydrogen) atoms. The second kappa shape index (κ2) is 11.6. The summed E-state index contributed by atoms with van der Waals surface area (Å²) in [6, 6.07) is 19.4. The molecule has 2 unspecified atom stereocenters. The number of benzene rings is 2. The van der Waals surface area contributed by atoms with Crippen LogP contribution in [0.25, 0.3) is 0 Å². The molecule has 0 radical (unpaired) electrons. The van der Waals surface area contributed by atoms with Crippen molar-refractivity contribution in [3.05, 3.63) is 70.8 Å². The Kier molecular flexibility index (Phi) is 8.08. The molecule has 1 saturated heterocycles. The van der Waals surface area contributed by atoms with Gasteiger partial charge in [-0.1, -0.05) is 87.1 Å². The van der Waals surface area contributed by atoms with Gasteiger partial charge >= 0.3 is 6.09 Å². The number of methoxy groups -OCH3 is 1. The maximum Gasteiger partial charge on any atom is 0.407 e. The van der Waals surface area contributed by atoms with E-state index in [1.807, 2.05) is 0 Å². The van der Waals surface area contributed by atoms with Crippen LogP contribution in [0.5, 0.6) is 0 Å². The zero-order chi connectivity index (χ0) is 24.0. The summed E-state index contributed by atoms with van der Waals surface area (Å²) < 4.78 is 4.84. The summed E-state index contributed by atoms with van der Waals surface area (Å²) in [5.41, 5.74) is 5.74. The fourth-order valence-corrected chi connectivity index (χ4v) is 6.84. The molecule has 2 aromatic carbocycles. The minimum Gasteiger partial charge on any atom is -0.453 e. The molecule has 0 spiro atoms. The van der Waals surface area contributed by atoms with Gasteiger partial charge in [-0.05, 0) is 66.2 Å². The lowest BCUT2D eigenvalue weighted by molar-refractivity contribution is 0.167. The highest BCUT2D eigenvalue weighted by Gasteiger charge is 2.33. The van der Waals surface area contributed by atoms with Crippen LogP contribution in [0.15, 0.2) is 48.5 Å². The summed E-state index contributed by atoms with van der Waals surface area (Å²) >= 11 is 0. The first kappa shape index (κ1) is 24.4. The second-order valence-corrected chi connectivity index (χ2v) is 11.1. The van der Waals surface area contributed by atoms with Gasteiger partial charge in [0.2, 0.25) is 0 Å². The Morgan fingerprint density at radius 3 is 1.74 bits per heavy atom. The predicted octanol–water partition coefficient (Wildman–Crippen LogP) is 7.00. The highest BCUT2D eigenvalue weighted by Crippen LogP contribution is 2.38. The first-order valence-corrected chi connectivity index (χ1v) is 14.0. The van der Waals surface area contributed by atoms with Gasteiger partial charge in [0.1, 0.15) is 0 Å². The first-order chi connectivity index (χ1) is 17.2. The molecule has 188 valence electrons. The predicted molar refractivity (Wildman–Crippen MR) is 142 cm³/mol. The van der Waals surface area contributed by atoms with Crippen molar-refractivity contribution in [3.63, 3.8) is 0 Å². The van der Waals surface area contributed by atoms with Crippen LogP contribution < -0.4 is 10.6 Å². The Morgan fingerprint density at radius 1 is 0.800 bits per heavy atom. The molecule has 0 aromatic heterocycles. The van der Waals surface area contributed by atoms with Crippen molar-refractivity contribution in [2.75, 3.05) is 13.7 Å². The summed E-state index contributed by atoms with van der Waals surface area (Å²) in [6.45, 7) is 0.774. The summed E-state index contributed by atoms with van der Waals surface area (Å²) in [5.74, 6) is 1.72. The lowest BCUT2D eigenvalue weighted by Gasteiger charge is -2.28. The molecule has 1 aliphatic heterocycles. The van der Waals surface area contributed by atoms with Gasteiger partial charge in [-0.15, -0.1) is 0 Å². The maximum atomic E-state index is 11.8. The molecule has 2 N–H and O–H groups in total. The number of hydrogen-bond donors (Lipinski definition) is 2. The maximum absolute atomic E-state index is 11.8. The van der Waals surface area contributed by atoms with Crippen molar-refractivity contribution in [1.82, 2.24) is 10.6 Å². The standard InChI is InChI=1S/C31H42N2O2/c1-35-31(34)33-28-20-29(32-21-28)30(26-16-12-24(13-17-26)22-8-4-2-5-9-22)27-18-14-25(15-19-27)23-10-6-3-7-11-23/h12-19,22-23,28-30,32H,2-11,20-21H2,1H3,(H,33,34). The highest BCUT2D eigenvalue weighted by atomic mass is 16.5. The fourth-order valence-electron chi connectivity index (χ4n) is 6.84. The van der Waals surface area contributed by atoms with Gasteiger partial charge in [0, 0.05) is 24.5 Å². The molecule has 3 fully saturated rings. The SMILES string of the molecule is COC(=O)NC1CNC(C(c2ccc(C3CCCCC3)cc2)c2ccc(C3CCCCC3)cc2)C1. The smallest absolute Gasteiger partial charge is 0.407 e. The van der Waals surface area contributed by atoms with Crippen molar-refractivity contribution in [2.45, 2.75) is 100 Å². The van der Waals surface area contributed by atoms with E-state index in [-0.39, 0.29) is 24.1 Å². The summed E-state index contributed by atoms with van der Waals surface area (Å²) in [5, 5.41) is 6.72. The van der Waals surface area contributed by atoms with Gasteiger partial charge in [-0.3, -0.25) is 0 Å². The summed E-state index contributed by atoms with van der Waals surface area (Å²) in [6.07, 6.45) is 14.1. The molecule has 1 amide bonds. The molecule has 2 aliphatic carbocycles. The van der Waals surface area contributed by atoms with E-state index in [0.29, 0.717) is 0 Å². The minimum atomic E-state index is -0.345. The molecule has 3 aliphatic rings. The average molecular weight is 475 g/mol. The van der Waals surface area contributed by atoms with E-state index in [1.54, 1.807) is 0 Å². The molecule has 1 heterocycles. The third kappa shape index (κ3) is 5.91. The lowest BCUT2D eigenvalue weighted by atomic mass is 9.79. The van der Waals surface area contributed by atoms with E-state index in [1.165, 1.54) is 93.6 Å². The normalized spacial score (nSPS) is 23.9. The third-order valence-corrected chi connectivity index (χ3v) is 8.82. The Balaban J connectivity index is 1.38. The van der Waals surface area contributed by atoms with E-state index in [0.717, 1.165) is 24.8 Å². The largest absolute Gasteiger partial charge is 0.453 e. The number of carbonyl (C=O) groups excluding carboxylic acids is 1. The fraction of sp³-hybridized carbons (Fsp3) is 0.581. The number of nitrogens with one attached hydrogen (secondary N) is 2. The van der Waals surface area contributed by atoms with Crippen molar-refractivity contribution in [2.24, 2.45) is 0 Å². The molecular formula is C31H42N2O2. The molecule has 5 rings (SSSR count). The number of rotatable bonds is 6. The van der Waals surface area contributed by atoms with Crippen molar-refractivity contribution < 1.29 is 9.53 Å². The Hall–Kier alpha value is -2.33. The third-order valence-electron chi connectivity index (χ3n) is 8.82. The van der Waals surface area contributed by atoms with E-state index in [4.69, 9.17) is 4.74 Å². The van der Waals surface area contributed by atoms with Gasteiger partial charge in [0.05, 0.1) is 7.11 Å². The lowest BCUT2D eigenvalue weighted by Crippen LogP contribution is -2.35. The molecule has 2 saturated carbocycles. The summed E-state index contributed by atoms with van der Waals surface area (Å²) in [7, 11) is 1.43. The van der Waals surface area contributed by atoms with Crippen LogP contribution in [0.1, 0.15) is 111 Å². The van der Waals surface area contributed by atoms with E-state index >= 15 is 0 Å². The first-order valence-electron chi connectivity index (χ1n) is 14.0. The van der Waals surface area contributed by atoms with Crippen LogP contribution >= 0.6 is 0 Å². The number of amides is 1. The molecule has 2 atom stereocenters. The van der Waals surface area contributed by atoms with Crippen molar-refractivity contribution in [1.29, 1.82) is 0 Å². The Labute approximate surface area is 211 Å². The zero-order valence-corrected chi connectivity index (χ0v) is 21.3. The second-order valence-electron chi connectivity index (χ2n) is 11.1. The molecule has 4 nitrogen and oxygen atoms in total. The molecular weight excluding hydrogens is 432 g/mol. The van der Waals surface area contributed by atoms with Crippen molar-refractivity contribution in [3.8, 4) is 0 Å². The van der Waals surface area contributed by atoms with E-state index in [2.05, 4.69) is 59.2 Å². The van der Waals surface area contributed by atoms with Crippen LogP contribution in [0, 0.1) is 0 Å². The van der Waals surface area contributed by atoms with Crippen molar-refractivity contribution >= 4 is 6.09 Å². The number of alkyl carbamates (subject to hydrolysis) is 1. The van der Waals surface area contributed by atoms with Crippen LogP contribution in [0.4, 0.5) is 4.79 Å².